The van der Waals surface area contributed by atoms with Gasteiger partial charge in [-0.1, -0.05) is 0 Å². The van der Waals surface area contributed by atoms with Crippen molar-refractivity contribution in [1.29, 1.82) is 0 Å². The van der Waals surface area contributed by atoms with Crippen molar-refractivity contribution < 1.29 is 0 Å². The van der Waals surface area contributed by atoms with E-state index in [0.717, 1.165) is 18.8 Å². The lowest BCUT2D eigenvalue weighted by molar-refractivity contribution is 0.338. The Balaban J connectivity index is 0.00000128. The summed E-state index contributed by atoms with van der Waals surface area (Å²) in [5, 5.41) is 6.73. The zero-order chi connectivity index (χ0) is 10.5. The SMILES string of the molecule is I.NC(=NCc1ccn[nH]1)N1CCCCC1. The van der Waals surface area contributed by atoms with Crippen LogP contribution in [0.3, 0.4) is 0 Å². The van der Waals surface area contributed by atoms with Crippen molar-refractivity contribution in [2.24, 2.45) is 10.7 Å². The smallest absolute Gasteiger partial charge is 0.191 e. The Morgan fingerprint density at radius 2 is 2.19 bits per heavy atom. The van der Waals surface area contributed by atoms with E-state index in [9.17, 15) is 0 Å². The van der Waals surface area contributed by atoms with Crippen LogP contribution in [0.15, 0.2) is 17.3 Å². The van der Waals surface area contributed by atoms with Crippen molar-refractivity contribution in [1.82, 2.24) is 15.1 Å². The van der Waals surface area contributed by atoms with E-state index < -0.39 is 0 Å². The van der Waals surface area contributed by atoms with Crippen LogP contribution in [0.2, 0.25) is 0 Å². The maximum absolute atomic E-state index is 5.91. The van der Waals surface area contributed by atoms with Gasteiger partial charge in [-0.15, -0.1) is 24.0 Å². The molecule has 2 rings (SSSR count). The molecular weight excluding hydrogens is 317 g/mol. The van der Waals surface area contributed by atoms with E-state index in [1.807, 2.05) is 6.07 Å². The highest BCUT2D eigenvalue weighted by Crippen LogP contribution is 2.08. The predicted molar refractivity (Wildman–Crippen MR) is 74.8 cm³/mol. The second-order valence-corrected chi connectivity index (χ2v) is 3.80. The zero-order valence-electron chi connectivity index (χ0n) is 9.22. The number of hydrogen-bond acceptors (Lipinski definition) is 2. The van der Waals surface area contributed by atoms with Gasteiger partial charge in [0, 0.05) is 19.3 Å². The average molecular weight is 335 g/mol. The third kappa shape index (κ3) is 3.66. The van der Waals surface area contributed by atoms with Gasteiger partial charge < -0.3 is 10.6 Å². The fraction of sp³-hybridized carbons (Fsp3) is 0.600. The lowest BCUT2D eigenvalue weighted by Gasteiger charge is -2.27. The van der Waals surface area contributed by atoms with E-state index in [1.54, 1.807) is 6.20 Å². The van der Waals surface area contributed by atoms with Gasteiger partial charge in [0.05, 0.1) is 12.2 Å². The third-order valence-corrected chi connectivity index (χ3v) is 2.65. The molecule has 0 unspecified atom stereocenters. The molecule has 1 aliphatic rings. The molecule has 0 aliphatic carbocycles. The number of aromatic amines is 1. The molecule has 0 spiro atoms. The Morgan fingerprint density at radius 3 is 2.81 bits per heavy atom. The first-order valence-electron chi connectivity index (χ1n) is 5.39. The first-order valence-corrected chi connectivity index (χ1v) is 5.39. The number of likely N-dealkylation sites (tertiary alicyclic amines) is 1. The molecular formula is C10H18IN5. The summed E-state index contributed by atoms with van der Waals surface area (Å²) in [7, 11) is 0. The number of halogens is 1. The van der Waals surface area contributed by atoms with Crippen molar-refractivity contribution in [2.45, 2.75) is 25.8 Å². The van der Waals surface area contributed by atoms with Gasteiger partial charge in [0.25, 0.3) is 0 Å². The molecule has 0 atom stereocenters. The summed E-state index contributed by atoms with van der Waals surface area (Å²) in [6.07, 6.45) is 5.48. The number of aliphatic imine (C=N–C) groups is 1. The standard InChI is InChI=1S/C10H17N5.HI/c11-10(15-6-2-1-3-7-15)12-8-9-4-5-13-14-9;/h4-5H,1-3,6-8H2,(H2,11,12)(H,13,14);1H. The van der Waals surface area contributed by atoms with E-state index >= 15 is 0 Å². The van der Waals surface area contributed by atoms with Gasteiger partial charge in [-0.05, 0) is 25.3 Å². The van der Waals surface area contributed by atoms with Gasteiger partial charge in [0.15, 0.2) is 5.96 Å². The van der Waals surface area contributed by atoms with E-state index in [4.69, 9.17) is 5.73 Å². The van der Waals surface area contributed by atoms with Crippen LogP contribution in [0.1, 0.15) is 25.0 Å². The minimum absolute atomic E-state index is 0. The molecule has 1 fully saturated rings. The summed E-state index contributed by atoms with van der Waals surface area (Å²) < 4.78 is 0. The minimum atomic E-state index is 0. The molecule has 2 heterocycles. The maximum Gasteiger partial charge on any atom is 0.191 e. The molecule has 3 N–H and O–H groups in total. The van der Waals surface area contributed by atoms with Crippen LogP contribution in [0.5, 0.6) is 0 Å². The van der Waals surface area contributed by atoms with Crippen LogP contribution >= 0.6 is 24.0 Å². The second-order valence-electron chi connectivity index (χ2n) is 3.80. The highest BCUT2D eigenvalue weighted by molar-refractivity contribution is 14.0. The molecule has 6 heteroatoms. The Labute approximate surface area is 113 Å². The van der Waals surface area contributed by atoms with E-state index in [0.29, 0.717) is 12.5 Å². The highest BCUT2D eigenvalue weighted by Gasteiger charge is 2.11. The number of nitrogens with zero attached hydrogens (tertiary/aromatic N) is 3. The summed E-state index contributed by atoms with van der Waals surface area (Å²) in [6, 6.07) is 1.91. The molecule has 1 aliphatic heterocycles. The molecule has 0 amide bonds. The van der Waals surface area contributed by atoms with Crippen molar-refractivity contribution in [3.05, 3.63) is 18.0 Å². The van der Waals surface area contributed by atoms with Gasteiger partial charge in [0.2, 0.25) is 0 Å². The minimum Gasteiger partial charge on any atom is -0.370 e. The number of piperidine rings is 1. The average Bonchev–Trinajstić information content (AvgIpc) is 2.80. The summed E-state index contributed by atoms with van der Waals surface area (Å²) in [5.41, 5.74) is 6.90. The first kappa shape index (κ1) is 13.3. The lowest BCUT2D eigenvalue weighted by atomic mass is 10.1. The monoisotopic (exact) mass is 335 g/mol. The molecule has 1 saturated heterocycles. The molecule has 0 saturated carbocycles. The molecule has 0 aromatic carbocycles. The fourth-order valence-corrected chi connectivity index (χ4v) is 1.76. The number of H-pyrrole nitrogens is 1. The number of hydrogen-bond donors (Lipinski definition) is 2. The summed E-state index contributed by atoms with van der Waals surface area (Å²) >= 11 is 0. The van der Waals surface area contributed by atoms with Gasteiger partial charge in [0.1, 0.15) is 0 Å². The maximum atomic E-state index is 5.91. The molecule has 1 aromatic heterocycles. The summed E-state index contributed by atoms with van der Waals surface area (Å²) in [5.74, 6) is 0.657. The normalized spacial score (nSPS) is 17.0. The Hall–Kier alpha value is -0.790. The molecule has 0 bridgehead atoms. The zero-order valence-corrected chi connectivity index (χ0v) is 11.6. The third-order valence-electron chi connectivity index (χ3n) is 2.65. The number of aromatic nitrogens is 2. The van der Waals surface area contributed by atoms with Gasteiger partial charge in [-0.25, -0.2) is 4.99 Å². The van der Waals surface area contributed by atoms with Gasteiger partial charge in [-0.2, -0.15) is 5.10 Å². The topological polar surface area (TPSA) is 70.3 Å². The number of nitrogens with two attached hydrogens (primary N) is 1. The van der Waals surface area contributed by atoms with Crippen molar-refractivity contribution in [2.75, 3.05) is 13.1 Å². The highest BCUT2D eigenvalue weighted by atomic mass is 127. The van der Waals surface area contributed by atoms with Crippen molar-refractivity contribution in [3.63, 3.8) is 0 Å². The molecule has 1 aromatic rings. The van der Waals surface area contributed by atoms with Crippen LogP contribution in [0.25, 0.3) is 0 Å². The van der Waals surface area contributed by atoms with Crippen molar-refractivity contribution >= 4 is 29.9 Å². The number of guanidine groups is 1. The lowest BCUT2D eigenvalue weighted by Crippen LogP contribution is -2.40. The molecule has 16 heavy (non-hydrogen) atoms. The van der Waals surface area contributed by atoms with Crippen LogP contribution in [-0.2, 0) is 6.54 Å². The van der Waals surface area contributed by atoms with Crippen LogP contribution in [0, 0.1) is 0 Å². The Bertz CT molecular complexity index is 316. The first-order chi connectivity index (χ1) is 7.36. The summed E-state index contributed by atoms with van der Waals surface area (Å²) in [6.45, 7) is 2.67. The molecule has 0 radical (unpaired) electrons. The van der Waals surface area contributed by atoms with Crippen LogP contribution in [-0.4, -0.2) is 34.1 Å². The van der Waals surface area contributed by atoms with Crippen molar-refractivity contribution in [3.8, 4) is 0 Å². The number of nitrogens with one attached hydrogen (secondary N) is 1. The Kier molecular flexibility index (Phi) is 5.58. The van der Waals surface area contributed by atoms with E-state index in [-0.39, 0.29) is 24.0 Å². The van der Waals surface area contributed by atoms with Gasteiger partial charge >= 0.3 is 0 Å². The van der Waals surface area contributed by atoms with Crippen LogP contribution in [0.4, 0.5) is 0 Å². The van der Waals surface area contributed by atoms with Gasteiger partial charge in [-0.3, -0.25) is 5.10 Å². The second kappa shape index (κ2) is 6.72. The molecule has 5 nitrogen and oxygen atoms in total. The Morgan fingerprint density at radius 1 is 1.44 bits per heavy atom. The van der Waals surface area contributed by atoms with Crippen LogP contribution < -0.4 is 5.73 Å². The summed E-state index contributed by atoms with van der Waals surface area (Å²) in [4.78, 5) is 6.49. The molecule has 90 valence electrons. The predicted octanol–water partition coefficient (Wildman–Crippen LogP) is 1.33. The fourth-order valence-electron chi connectivity index (χ4n) is 1.76. The van der Waals surface area contributed by atoms with E-state index in [1.165, 1.54) is 19.3 Å². The number of rotatable bonds is 2. The van der Waals surface area contributed by atoms with E-state index in [2.05, 4.69) is 20.1 Å². The quantitative estimate of drug-likeness (QED) is 0.487. The largest absolute Gasteiger partial charge is 0.370 e.